The van der Waals surface area contributed by atoms with Gasteiger partial charge in [-0.25, -0.2) is 19.4 Å². The highest BCUT2D eigenvalue weighted by Crippen LogP contribution is 2.37. The predicted octanol–water partition coefficient (Wildman–Crippen LogP) is 2.72. The lowest BCUT2D eigenvalue weighted by Gasteiger charge is -2.42. The van der Waals surface area contributed by atoms with Crippen molar-refractivity contribution in [1.29, 1.82) is 5.41 Å². The minimum atomic E-state index is -0.180. The number of hydrogen-bond donors (Lipinski definition) is 3. The maximum atomic E-state index is 12.6. The van der Waals surface area contributed by atoms with E-state index >= 15 is 0 Å². The molecule has 2 amide bonds. The van der Waals surface area contributed by atoms with Gasteiger partial charge in [-0.2, -0.15) is 0 Å². The number of urea groups is 1. The van der Waals surface area contributed by atoms with Crippen LogP contribution in [0.3, 0.4) is 0 Å². The van der Waals surface area contributed by atoms with Crippen LogP contribution in [-0.4, -0.2) is 83.1 Å². The second kappa shape index (κ2) is 12.2. The van der Waals surface area contributed by atoms with E-state index in [-0.39, 0.29) is 23.6 Å². The number of nitrogens with one attached hydrogen (secondary N) is 3. The molecule has 2 atom stereocenters. The molecule has 0 bridgehead atoms. The van der Waals surface area contributed by atoms with Crippen LogP contribution in [0.15, 0.2) is 92.2 Å². The van der Waals surface area contributed by atoms with Crippen molar-refractivity contribution in [3.63, 3.8) is 0 Å². The van der Waals surface area contributed by atoms with Crippen molar-refractivity contribution in [2.24, 2.45) is 0 Å². The molecule has 0 aliphatic carbocycles. The maximum Gasteiger partial charge on any atom is 0.317 e. The molecule has 4 heterocycles. The van der Waals surface area contributed by atoms with Gasteiger partial charge in [0.25, 0.3) is 0 Å². The standard InChI is InChI=1S/C30H33N11O/c1-2-13-32-30(42)39-16-14-38(15-17-39)26(22-9-5-3-6-10-22)27(23-11-7-4-8-12-23)41-19-24(36-37-41)18-40-21-35-28(31)25-29(40)34-20-33-25/h2-12,19-21,26-27,31H,1,13-18H2,(H,32,42)(H,33,34)/t26-,27+/m0/s1. The smallest absolute Gasteiger partial charge is 0.317 e. The van der Waals surface area contributed by atoms with Crippen LogP contribution in [0.25, 0.3) is 11.2 Å². The van der Waals surface area contributed by atoms with E-state index in [2.05, 4.69) is 78.5 Å². The van der Waals surface area contributed by atoms with Gasteiger partial charge < -0.3 is 19.8 Å². The summed E-state index contributed by atoms with van der Waals surface area (Å²) in [6.45, 7) is 7.21. The molecular formula is C30H33N11O. The van der Waals surface area contributed by atoms with Crippen molar-refractivity contribution in [1.82, 2.24) is 49.6 Å². The van der Waals surface area contributed by atoms with Crippen molar-refractivity contribution in [3.8, 4) is 0 Å². The molecule has 0 unspecified atom stereocenters. The Bertz CT molecular complexity index is 1700. The number of nitrogens with zero attached hydrogens (tertiary/aromatic N) is 8. The van der Waals surface area contributed by atoms with Gasteiger partial charge in [0.05, 0.1) is 37.5 Å². The topological polar surface area (TPSA) is 137 Å². The average molecular weight is 564 g/mol. The normalized spacial score (nSPS) is 15.4. The Morgan fingerprint density at radius 2 is 1.69 bits per heavy atom. The molecule has 12 nitrogen and oxygen atoms in total. The van der Waals surface area contributed by atoms with Crippen LogP contribution >= 0.6 is 0 Å². The van der Waals surface area contributed by atoms with E-state index in [0.717, 1.165) is 16.8 Å². The van der Waals surface area contributed by atoms with E-state index in [1.807, 2.05) is 44.6 Å². The minimum absolute atomic E-state index is 0.0588. The number of piperazine rings is 1. The number of carbonyl (C=O) groups is 1. The van der Waals surface area contributed by atoms with E-state index in [0.29, 0.717) is 50.4 Å². The van der Waals surface area contributed by atoms with Gasteiger partial charge in [-0.05, 0) is 11.1 Å². The highest BCUT2D eigenvalue weighted by molar-refractivity contribution is 5.74. The van der Waals surface area contributed by atoms with Crippen LogP contribution < -0.4 is 10.8 Å². The summed E-state index contributed by atoms with van der Waals surface area (Å²) in [7, 11) is 0. The summed E-state index contributed by atoms with van der Waals surface area (Å²) in [5, 5.41) is 20.1. The second-order valence-electron chi connectivity index (χ2n) is 10.2. The number of amides is 2. The molecule has 1 aliphatic heterocycles. The lowest BCUT2D eigenvalue weighted by atomic mass is 9.91. The first kappa shape index (κ1) is 27.1. The highest BCUT2D eigenvalue weighted by atomic mass is 16.2. The largest absolute Gasteiger partial charge is 0.340 e. The summed E-state index contributed by atoms with van der Waals surface area (Å²) >= 11 is 0. The first-order chi connectivity index (χ1) is 20.6. The predicted molar refractivity (Wildman–Crippen MR) is 157 cm³/mol. The number of imidazole rings is 1. The fraction of sp³-hybridized carbons (Fsp3) is 0.267. The number of fused-ring (bicyclic) bond motifs is 1. The summed E-state index contributed by atoms with van der Waals surface area (Å²) in [6, 6.07) is 20.5. The molecule has 1 aliphatic rings. The van der Waals surface area contributed by atoms with Gasteiger partial charge in [0, 0.05) is 32.7 Å². The maximum absolute atomic E-state index is 12.6. The van der Waals surface area contributed by atoms with Crippen LogP contribution in [0, 0.1) is 5.41 Å². The number of carbonyl (C=O) groups excluding carboxylic acids is 1. The monoisotopic (exact) mass is 563 g/mol. The Labute approximate surface area is 242 Å². The lowest BCUT2D eigenvalue weighted by Crippen LogP contribution is -2.53. The third kappa shape index (κ3) is 5.56. The van der Waals surface area contributed by atoms with Crippen LogP contribution in [0.1, 0.15) is 28.9 Å². The molecule has 6 rings (SSSR count). The molecule has 0 saturated carbocycles. The highest BCUT2D eigenvalue weighted by Gasteiger charge is 2.35. The summed E-state index contributed by atoms with van der Waals surface area (Å²) in [4.78, 5) is 28.5. The van der Waals surface area contributed by atoms with Crippen LogP contribution in [-0.2, 0) is 6.54 Å². The molecule has 12 heteroatoms. The van der Waals surface area contributed by atoms with Gasteiger partial charge in [0.1, 0.15) is 11.2 Å². The summed E-state index contributed by atoms with van der Waals surface area (Å²) in [6.07, 6.45) is 6.84. The van der Waals surface area contributed by atoms with Gasteiger partial charge >= 0.3 is 6.03 Å². The minimum Gasteiger partial charge on any atom is -0.340 e. The van der Waals surface area contributed by atoms with Crippen LogP contribution in [0.4, 0.5) is 4.79 Å². The van der Waals surface area contributed by atoms with Gasteiger partial charge in [0.2, 0.25) is 0 Å². The second-order valence-corrected chi connectivity index (χ2v) is 10.2. The fourth-order valence-corrected chi connectivity index (χ4v) is 5.59. The van der Waals surface area contributed by atoms with Crippen molar-refractivity contribution in [2.75, 3.05) is 32.7 Å². The van der Waals surface area contributed by atoms with E-state index in [1.54, 1.807) is 18.7 Å². The molecular weight excluding hydrogens is 530 g/mol. The molecule has 5 aromatic rings. The van der Waals surface area contributed by atoms with Gasteiger partial charge in [-0.3, -0.25) is 10.3 Å². The first-order valence-corrected chi connectivity index (χ1v) is 13.9. The summed E-state index contributed by atoms with van der Waals surface area (Å²) < 4.78 is 3.81. The van der Waals surface area contributed by atoms with Gasteiger partial charge in [-0.1, -0.05) is 72.0 Å². The zero-order chi connectivity index (χ0) is 28.9. The Morgan fingerprint density at radius 1 is 1.00 bits per heavy atom. The number of aromatic nitrogens is 7. The molecule has 1 fully saturated rings. The zero-order valence-corrected chi connectivity index (χ0v) is 23.2. The molecule has 0 spiro atoms. The van der Waals surface area contributed by atoms with Crippen molar-refractivity contribution in [2.45, 2.75) is 18.6 Å². The van der Waals surface area contributed by atoms with E-state index < -0.39 is 0 Å². The first-order valence-electron chi connectivity index (χ1n) is 13.9. The van der Waals surface area contributed by atoms with Crippen molar-refractivity contribution >= 4 is 17.2 Å². The van der Waals surface area contributed by atoms with E-state index in [1.165, 1.54) is 0 Å². The SMILES string of the molecule is C=CCNC(=O)N1CCN([C@@H](c2ccccc2)[C@@H](c2ccccc2)n2cc(Cn3cnc(=N)c4[nH]cnc43)nn2)CC1. The summed E-state index contributed by atoms with van der Waals surface area (Å²) in [5.41, 5.74) is 4.39. The number of benzene rings is 2. The lowest BCUT2D eigenvalue weighted by molar-refractivity contribution is 0.0877. The van der Waals surface area contributed by atoms with Gasteiger partial charge in [-0.15, -0.1) is 11.7 Å². The Morgan fingerprint density at radius 3 is 2.38 bits per heavy atom. The van der Waals surface area contributed by atoms with Crippen LogP contribution in [0.2, 0.25) is 0 Å². The third-order valence-electron chi connectivity index (χ3n) is 7.60. The Kier molecular flexibility index (Phi) is 7.86. The Hall–Kier alpha value is -5.10. The number of rotatable bonds is 9. The van der Waals surface area contributed by atoms with Crippen molar-refractivity contribution in [3.05, 3.63) is 114 Å². The Balaban J connectivity index is 1.34. The van der Waals surface area contributed by atoms with E-state index in [4.69, 9.17) is 5.41 Å². The number of hydrogen-bond acceptors (Lipinski definition) is 7. The van der Waals surface area contributed by atoms with Crippen molar-refractivity contribution < 1.29 is 4.79 Å². The quantitative estimate of drug-likeness (QED) is 0.236. The molecule has 42 heavy (non-hydrogen) atoms. The van der Waals surface area contributed by atoms with Crippen LogP contribution in [0.5, 0.6) is 0 Å². The molecule has 3 N–H and O–H groups in total. The molecule has 2 aromatic carbocycles. The third-order valence-corrected chi connectivity index (χ3v) is 7.60. The summed E-state index contributed by atoms with van der Waals surface area (Å²) in [5.74, 6) is 0. The number of aromatic amines is 1. The fourth-order valence-electron chi connectivity index (χ4n) is 5.59. The molecule has 1 saturated heterocycles. The number of H-pyrrole nitrogens is 1. The zero-order valence-electron chi connectivity index (χ0n) is 23.2. The average Bonchev–Trinajstić information content (AvgIpc) is 3.72. The van der Waals surface area contributed by atoms with E-state index in [9.17, 15) is 4.79 Å². The molecule has 214 valence electrons. The van der Waals surface area contributed by atoms with Gasteiger partial charge in [0.15, 0.2) is 11.1 Å². The molecule has 0 radical (unpaired) electrons. The molecule has 3 aromatic heterocycles.